The number of rotatable bonds is 7. The third kappa shape index (κ3) is 4.90. The van der Waals surface area contributed by atoms with Crippen LogP contribution < -0.4 is 16.4 Å². The molecule has 0 bridgehead atoms. The lowest BCUT2D eigenvalue weighted by molar-refractivity contribution is -0.130. The summed E-state index contributed by atoms with van der Waals surface area (Å²) >= 11 is 0. The molecule has 4 N–H and O–H groups in total. The number of nitrogens with one attached hydrogen (secondary N) is 2. The van der Waals surface area contributed by atoms with Crippen LogP contribution in [-0.4, -0.2) is 40.6 Å². The Labute approximate surface area is 145 Å². The summed E-state index contributed by atoms with van der Waals surface area (Å²) in [5.41, 5.74) is 7.54. The zero-order valence-electron chi connectivity index (χ0n) is 14.2. The van der Waals surface area contributed by atoms with Crippen molar-refractivity contribution in [1.29, 1.82) is 0 Å². The molecule has 132 valence electrons. The van der Waals surface area contributed by atoms with Crippen LogP contribution in [0.4, 0.5) is 0 Å². The highest BCUT2D eigenvalue weighted by Crippen LogP contribution is 2.19. The molecule has 8 heteroatoms. The fourth-order valence-electron chi connectivity index (χ4n) is 2.49. The van der Waals surface area contributed by atoms with Crippen molar-refractivity contribution in [3.63, 3.8) is 0 Å². The molecular formula is C17H21N5O3. The molecule has 2 rings (SSSR count). The molecule has 0 aliphatic rings. The predicted octanol–water partition coefficient (Wildman–Crippen LogP) is -0.264. The third-order valence-electron chi connectivity index (χ3n) is 3.65. The first-order chi connectivity index (χ1) is 11.9. The molecule has 0 spiro atoms. The first kappa shape index (κ1) is 18.2. The zero-order chi connectivity index (χ0) is 18.4. The molecule has 1 heterocycles. The van der Waals surface area contributed by atoms with Gasteiger partial charge in [0, 0.05) is 14.1 Å². The van der Waals surface area contributed by atoms with Crippen molar-refractivity contribution in [2.24, 2.45) is 12.8 Å². The number of nitrogens with zero attached hydrogens (tertiary/aromatic N) is 2. The van der Waals surface area contributed by atoms with Gasteiger partial charge in [-0.15, -0.1) is 0 Å². The van der Waals surface area contributed by atoms with Crippen LogP contribution in [0.25, 0.3) is 11.3 Å². The monoisotopic (exact) mass is 343 g/mol. The van der Waals surface area contributed by atoms with Crippen LogP contribution >= 0.6 is 0 Å². The van der Waals surface area contributed by atoms with E-state index in [9.17, 15) is 14.4 Å². The highest BCUT2D eigenvalue weighted by atomic mass is 16.2. The molecule has 0 saturated carbocycles. The molecule has 1 atom stereocenters. The lowest BCUT2D eigenvalue weighted by atomic mass is 10.1. The van der Waals surface area contributed by atoms with Crippen molar-refractivity contribution >= 4 is 17.7 Å². The first-order valence-corrected chi connectivity index (χ1v) is 7.78. The van der Waals surface area contributed by atoms with Crippen molar-refractivity contribution in [3.8, 4) is 11.3 Å². The van der Waals surface area contributed by atoms with E-state index in [1.54, 1.807) is 11.7 Å². The Hall–Kier alpha value is -3.16. The van der Waals surface area contributed by atoms with Gasteiger partial charge in [0.05, 0.1) is 24.2 Å². The lowest BCUT2D eigenvalue weighted by Gasteiger charge is -2.15. The summed E-state index contributed by atoms with van der Waals surface area (Å²) in [4.78, 5) is 35.0. The minimum absolute atomic E-state index is 0.00701. The van der Waals surface area contributed by atoms with Gasteiger partial charge in [-0.25, -0.2) is 0 Å². The Kier molecular flexibility index (Phi) is 5.89. The second-order valence-corrected chi connectivity index (χ2v) is 5.59. The number of likely N-dealkylation sites (N-methyl/N-ethyl adjacent to an activating group) is 1. The number of benzene rings is 1. The van der Waals surface area contributed by atoms with Gasteiger partial charge in [-0.3, -0.25) is 19.1 Å². The van der Waals surface area contributed by atoms with Crippen molar-refractivity contribution in [2.45, 2.75) is 18.9 Å². The average Bonchev–Trinajstić information content (AvgIpc) is 2.94. The number of hydrogen-bond acceptors (Lipinski definition) is 4. The van der Waals surface area contributed by atoms with E-state index in [0.717, 1.165) is 11.3 Å². The number of aryl methyl sites for hydroxylation is 1. The average molecular weight is 343 g/mol. The molecule has 3 amide bonds. The molecular weight excluding hydrogens is 322 g/mol. The van der Waals surface area contributed by atoms with E-state index < -0.39 is 23.8 Å². The second-order valence-electron chi connectivity index (χ2n) is 5.59. The predicted molar refractivity (Wildman–Crippen MR) is 92.2 cm³/mol. The summed E-state index contributed by atoms with van der Waals surface area (Å²) in [7, 11) is 3.22. The van der Waals surface area contributed by atoms with Crippen LogP contribution in [0.5, 0.6) is 0 Å². The molecule has 1 aromatic heterocycles. The van der Waals surface area contributed by atoms with Crippen LogP contribution in [0.15, 0.2) is 36.4 Å². The van der Waals surface area contributed by atoms with Gasteiger partial charge in [-0.1, -0.05) is 30.3 Å². The number of aromatic nitrogens is 2. The maximum atomic E-state index is 12.2. The molecule has 0 fully saturated rings. The first-order valence-electron chi connectivity index (χ1n) is 7.78. The fourth-order valence-corrected chi connectivity index (χ4v) is 2.49. The molecule has 8 nitrogen and oxygen atoms in total. The Bertz CT molecular complexity index is 770. The van der Waals surface area contributed by atoms with Gasteiger partial charge in [0.1, 0.15) is 6.04 Å². The minimum Gasteiger partial charge on any atom is -0.370 e. The van der Waals surface area contributed by atoms with E-state index in [4.69, 9.17) is 5.73 Å². The Morgan fingerprint density at radius 1 is 1.24 bits per heavy atom. The molecule has 0 unspecified atom stereocenters. The van der Waals surface area contributed by atoms with E-state index in [1.807, 2.05) is 36.4 Å². The lowest BCUT2D eigenvalue weighted by Crippen LogP contribution is -2.48. The van der Waals surface area contributed by atoms with Gasteiger partial charge in [0.15, 0.2) is 0 Å². The SMILES string of the molecule is CNC(=O)[C@H](CC(N)=O)NC(=O)Cc1cc(-c2ccccc2)n(C)n1. The molecule has 0 aliphatic carbocycles. The largest absolute Gasteiger partial charge is 0.370 e. The molecule has 25 heavy (non-hydrogen) atoms. The van der Waals surface area contributed by atoms with E-state index in [2.05, 4.69) is 15.7 Å². The van der Waals surface area contributed by atoms with Crippen LogP contribution in [0.2, 0.25) is 0 Å². The zero-order valence-corrected chi connectivity index (χ0v) is 14.2. The third-order valence-corrected chi connectivity index (χ3v) is 3.65. The van der Waals surface area contributed by atoms with Crippen molar-refractivity contribution < 1.29 is 14.4 Å². The summed E-state index contributed by atoms with van der Waals surface area (Å²) < 4.78 is 1.69. The summed E-state index contributed by atoms with van der Waals surface area (Å²) in [5, 5.41) is 9.23. The molecule has 0 aliphatic heterocycles. The van der Waals surface area contributed by atoms with E-state index in [-0.39, 0.29) is 12.8 Å². The van der Waals surface area contributed by atoms with Crippen LogP contribution in [-0.2, 0) is 27.9 Å². The van der Waals surface area contributed by atoms with Crippen LogP contribution in [0, 0.1) is 0 Å². The van der Waals surface area contributed by atoms with Crippen molar-refractivity contribution in [3.05, 3.63) is 42.1 Å². The number of carbonyl (C=O) groups excluding carboxylic acids is 3. The number of primary amides is 1. The van der Waals surface area contributed by atoms with Gasteiger partial charge >= 0.3 is 0 Å². The van der Waals surface area contributed by atoms with Crippen molar-refractivity contribution in [1.82, 2.24) is 20.4 Å². The number of nitrogens with two attached hydrogens (primary N) is 1. The quantitative estimate of drug-likeness (QED) is 0.641. The van der Waals surface area contributed by atoms with Crippen LogP contribution in [0.3, 0.4) is 0 Å². The van der Waals surface area contributed by atoms with Gasteiger partial charge in [0.25, 0.3) is 0 Å². The summed E-state index contributed by atoms with van der Waals surface area (Å²) in [6.45, 7) is 0. The highest BCUT2D eigenvalue weighted by molar-refractivity contribution is 5.91. The maximum Gasteiger partial charge on any atom is 0.242 e. The second kappa shape index (κ2) is 8.09. The van der Waals surface area contributed by atoms with E-state index >= 15 is 0 Å². The Morgan fingerprint density at radius 3 is 2.52 bits per heavy atom. The summed E-state index contributed by atoms with van der Waals surface area (Å²) in [5.74, 6) is -1.55. The number of carbonyl (C=O) groups is 3. The number of amides is 3. The number of hydrogen-bond donors (Lipinski definition) is 3. The standard InChI is InChI=1S/C17H21N5O3/c1-19-17(25)13(10-15(18)23)20-16(24)9-12-8-14(22(2)21-12)11-6-4-3-5-7-11/h3-8,13H,9-10H2,1-2H3,(H2,18,23)(H,19,25)(H,20,24)/t13-/m0/s1. The highest BCUT2D eigenvalue weighted by Gasteiger charge is 2.22. The van der Waals surface area contributed by atoms with E-state index in [1.165, 1.54) is 7.05 Å². The minimum atomic E-state index is -0.993. The summed E-state index contributed by atoms with van der Waals surface area (Å²) in [6, 6.07) is 10.5. The van der Waals surface area contributed by atoms with Gasteiger partial charge < -0.3 is 16.4 Å². The van der Waals surface area contributed by atoms with Crippen molar-refractivity contribution in [2.75, 3.05) is 7.05 Å². The fraction of sp³-hybridized carbons (Fsp3) is 0.294. The van der Waals surface area contributed by atoms with Gasteiger partial charge in [-0.05, 0) is 11.6 Å². The Morgan fingerprint density at radius 2 is 1.92 bits per heavy atom. The molecule has 1 aromatic carbocycles. The molecule has 0 radical (unpaired) electrons. The van der Waals surface area contributed by atoms with Crippen LogP contribution in [0.1, 0.15) is 12.1 Å². The Balaban J connectivity index is 2.07. The molecule has 2 aromatic rings. The maximum absolute atomic E-state index is 12.2. The van der Waals surface area contributed by atoms with Gasteiger partial charge in [0.2, 0.25) is 17.7 Å². The summed E-state index contributed by atoms with van der Waals surface area (Å²) in [6.07, 6.45) is -0.268. The topological polar surface area (TPSA) is 119 Å². The van der Waals surface area contributed by atoms with Gasteiger partial charge in [-0.2, -0.15) is 5.10 Å². The van der Waals surface area contributed by atoms with E-state index in [0.29, 0.717) is 5.69 Å². The normalized spacial score (nSPS) is 11.6. The molecule has 0 saturated heterocycles. The smallest absolute Gasteiger partial charge is 0.242 e.